The third-order valence-corrected chi connectivity index (χ3v) is 2.88. The lowest BCUT2D eigenvalue weighted by Gasteiger charge is -2.18. The number of hydrogen-bond acceptors (Lipinski definition) is 3. The molecule has 0 aliphatic rings. The number of rotatable bonds is 4. The van der Waals surface area contributed by atoms with Gasteiger partial charge in [0.1, 0.15) is 6.33 Å². The minimum absolute atomic E-state index is 0.180. The molecule has 0 aliphatic heterocycles. The summed E-state index contributed by atoms with van der Waals surface area (Å²) in [6.07, 6.45) is 2.62. The smallest absolute Gasteiger partial charge is 0.115 e. The van der Waals surface area contributed by atoms with E-state index in [1.807, 2.05) is 0 Å². The molecule has 3 nitrogen and oxygen atoms in total. The SMILES string of the molecule is CCC(N)C(C)c1cc(C(C)C)ncn1. The highest BCUT2D eigenvalue weighted by Gasteiger charge is 2.15. The third-order valence-electron chi connectivity index (χ3n) is 2.88. The van der Waals surface area contributed by atoms with Gasteiger partial charge in [0, 0.05) is 23.3 Å². The van der Waals surface area contributed by atoms with Gasteiger partial charge in [-0.3, -0.25) is 0 Å². The lowest BCUT2D eigenvalue weighted by atomic mass is 9.95. The van der Waals surface area contributed by atoms with Gasteiger partial charge in [0.2, 0.25) is 0 Å². The Morgan fingerprint density at radius 1 is 1.20 bits per heavy atom. The van der Waals surface area contributed by atoms with Crippen LogP contribution in [0.4, 0.5) is 0 Å². The van der Waals surface area contributed by atoms with E-state index in [0.29, 0.717) is 11.8 Å². The molecule has 0 saturated heterocycles. The summed E-state index contributed by atoms with van der Waals surface area (Å²) in [6, 6.07) is 2.25. The van der Waals surface area contributed by atoms with Gasteiger partial charge in [-0.15, -0.1) is 0 Å². The highest BCUT2D eigenvalue weighted by molar-refractivity contribution is 5.16. The summed E-state index contributed by atoms with van der Waals surface area (Å²) >= 11 is 0. The van der Waals surface area contributed by atoms with Crippen molar-refractivity contribution in [2.24, 2.45) is 5.73 Å². The molecule has 0 fully saturated rings. The van der Waals surface area contributed by atoms with Crippen LogP contribution in [0.15, 0.2) is 12.4 Å². The first-order valence-electron chi connectivity index (χ1n) is 5.63. The van der Waals surface area contributed by atoms with Crippen LogP contribution in [0.5, 0.6) is 0 Å². The highest BCUT2D eigenvalue weighted by Crippen LogP contribution is 2.20. The van der Waals surface area contributed by atoms with E-state index < -0.39 is 0 Å². The molecule has 0 bridgehead atoms. The first kappa shape index (κ1) is 12.1. The summed E-state index contributed by atoms with van der Waals surface area (Å²) in [5.74, 6) is 0.743. The van der Waals surface area contributed by atoms with E-state index in [1.54, 1.807) is 6.33 Å². The van der Waals surface area contributed by atoms with E-state index in [1.165, 1.54) is 0 Å². The second-order valence-electron chi connectivity index (χ2n) is 4.38. The molecule has 84 valence electrons. The van der Waals surface area contributed by atoms with Gasteiger partial charge in [0.05, 0.1) is 0 Å². The molecule has 1 rings (SSSR count). The Morgan fingerprint density at radius 2 is 1.80 bits per heavy atom. The molecular formula is C12H21N3. The summed E-state index contributed by atoms with van der Waals surface area (Å²) in [5.41, 5.74) is 8.17. The zero-order valence-electron chi connectivity index (χ0n) is 10.1. The molecule has 1 aromatic rings. The largest absolute Gasteiger partial charge is 0.327 e. The van der Waals surface area contributed by atoms with E-state index in [4.69, 9.17) is 5.73 Å². The van der Waals surface area contributed by atoms with Crippen molar-refractivity contribution in [3.63, 3.8) is 0 Å². The van der Waals surface area contributed by atoms with Crippen molar-refractivity contribution in [2.45, 2.75) is 52.0 Å². The van der Waals surface area contributed by atoms with Crippen molar-refractivity contribution in [3.05, 3.63) is 23.8 Å². The Labute approximate surface area is 92.1 Å². The van der Waals surface area contributed by atoms with Crippen LogP contribution in [0.25, 0.3) is 0 Å². The molecule has 2 unspecified atom stereocenters. The van der Waals surface area contributed by atoms with Crippen LogP contribution in [-0.4, -0.2) is 16.0 Å². The molecule has 0 aromatic carbocycles. The summed E-state index contributed by atoms with van der Waals surface area (Å²) in [6.45, 7) is 8.50. The molecule has 2 atom stereocenters. The molecule has 0 spiro atoms. The number of aromatic nitrogens is 2. The Morgan fingerprint density at radius 3 is 2.33 bits per heavy atom. The lowest BCUT2D eigenvalue weighted by Crippen LogP contribution is -2.26. The van der Waals surface area contributed by atoms with Crippen LogP contribution < -0.4 is 5.73 Å². The lowest BCUT2D eigenvalue weighted by molar-refractivity contribution is 0.538. The number of nitrogens with two attached hydrogens (primary N) is 1. The van der Waals surface area contributed by atoms with Gasteiger partial charge in [0.25, 0.3) is 0 Å². The minimum Gasteiger partial charge on any atom is -0.327 e. The van der Waals surface area contributed by atoms with Gasteiger partial charge in [-0.25, -0.2) is 9.97 Å². The van der Waals surface area contributed by atoms with E-state index in [9.17, 15) is 0 Å². The Balaban J connectivity index is 2.90. The van der Waals surface area contributed by atoms with E-state index in [2.05, 4.69) is 43.7 Å². The maximum absolute atomic E-state index is 6.01. The van der Waals surface area contributed by atoms with Crippen LogP contribution in [0.2, 0.25) is 0 Å². The molecule has 1 heterocycles. The van der Waals surface area contributed by atoms with Crippen molar-refractivity contribution in [3.8, 4) is 0 Å². The topological polar surface area (TPSA) is 51.8 Å². The summed E-state index contributed by atoms with van der Waals surface area (Å²) < 4.78 is 0. The van der Waals surface area contributed by atoms with Gasteiger partial charge in [-0.05, 0) is 18.4 Å². The standard InChI is InChI=1S/C12H21N3/c1-5-10(13)9(4)12-6-11(8(2)3)14-7-15-12/h6-10H,5,13H2,1-4H3. The fourth-order valence-corrected chi connectivity index (χ4v) is 1.53. The van der Waals surface area contributed by atoms with Crippen LogP contribution >= 0.6 is 0 Å². The van der Waals surface area contributed by atoms with Gasteiger partial charge < -0.3 is 5.73 Å². The summed E-state index contributed by atoms with van der Waals surface area (Å²) in [4.78, 5) is 8.55. The Bertz CT molecular complexity index is 309. The van der Waals surface area contributed by atoms with E-state index >= 15 is 0 Å². The van der Waals surface area contributed by atoms with E-state index in [-0.39, 0.29) is 6.04 Å². The maximum atomic E-state index is 6.01. The predicted molar refractivity (Wildman–Crippen MR) is 62.8 cm³/mol. The normalized spacial score (nSPS) is 15.3. The monoisotopic (exact) mass is 207 g/mol. The zero-order chi connectivity index (χ0) is 11.4. The molecule has 3 heteroatoms. The first-order valence-corrected chi connectivity index (χ1v) is 5.63. The number of hydrogen-bond donors (Lipinski definition) is 1. The molecular weight excluding hydrogens is 186 g/mol. The minimum atomic E-state index is 0.180. The van der Waals surface area contributed by atoms with Crippen molar-refractivity contribution >= 4 is 0 Å². The van der Waals surface area contributed by atoms with Crippen molar-refractivity contribution in [1.29, 1.82) is 0 Å². The average Bonchev–Trinajstić information content (AvgIpc) is 2.27. The van der Waals surface area contributed by atoms with Gasteiger partial charge in [-0.2, -0.15) is 0 Å². The molecule has 2 N–H and O–H groups in total. The highest BCUT2D eigenvalue weighted by atomic mass is 14.8. The quantitative estimate of drug-likeness (QED) is 0.825. The third kappa shape index (κ3) is 2.99. The maximum Gasteiger partial charge on any atom is 0.115 e. The Hall–Kier alpha value is -0.960. The van der Waals surface area contributed by atoms with Crippen molar-refractivity contribution in [2.75, 3.05) is 0 Å². The van der Waals surface area contributed by atoms with Crippen molar-refractivity contribution < 1.29 is 0 Å². The second-order valence-corrected chi connectivity index (χ2v) is 4.38. The van der Waals surface area contributed by atoms with Crippen LogP contribution in [0, 0.1) is 0 Å². The molecule has 0 aliphatic carbocycles. The average molecular weight is 207 g/mol. The van der Waals surface area contributed by atoms with E-state index in [0.717, 1.165) is 17.8 Å². The Kier molecular flexibility index (Phi) is 4.21. The predicted octanol–water partition coefficient (Wildman–Crippen LogP) is 2.44. The van der Waals surface area contributed by atoms with Gasteiger partial charge in [0.15, 0.2) is 0 Å². The molecule has 0 saturated carbocycles. The van der Waals surface area contributed by atoms with Crippen LogP contribution in [-0.2, 0) is 0 Å². The molecule has 0 radical (unpaired) electrons. The fourth-order valence-electron chi connectivity index (χ4n) is 1.53. The zero-order valence-corrected chi connectivity index (χ0v) is 10.1. The van der Waals surface area contributed by atoms with Crippen LogP contribution in [0.3, 0.4) is 0 Å². The molecule has 0 amide bonds. The fraction of sp³-hybridized carbons (Fsp3) is 0.667. The summed E-state index contributed by atoms with van der Waals surface area (Å²) in [5, 5.41) is 0. The van der Waals surface area contributed by atoms with Crippen LogP contribution in [0.1, 0.15) is 57.3 Å². The first-order chi connectivity index (χ1) is 7.06. The molecule has 1 aromatic heterocycles. The van der Waals surface area contributed by atoms with Gasteiger partial charge >= 0.3 is 0 Å². The second kappa shape index (κ2) is 5.21. The van der Waals surface area contributed by atoms with Crippen molar-refractivity contribution in [1.82, 2.24) is 9.97 Å². The summed E-state index contributed by atoms with van der Waals surface area (Å²) in [7, 11) is 0. The molecule has 15 heavy (non-hydrogen) atoms. The van der Waals surface area contributed by atoms with Gasteiger partial charge in [-0.1, -0.05) is 27.7 Å². The number of nitrogens with zero attached hydrogens (tertiary/aromatic N) is 2.